The van der Waals surface area contributed by atoms with Crippen molar-refractivity contribution >= 4 is 0 Å². The van der Waals surface area contributed by atoms with E-state index in [0.29, 0.717) is 17.9 Å². The molecule has 2 nitrogen and oxygen atoms in total. The Balaban J connectivity index is 2.13. The van der Waals surface area contributed by atoms with Gasteiger partial charge in [0.1, 0.15) is 12.4 Å². The Morgan fingerprint density at radius 1 is 1.00 bits per heavy atom. The molecule has 2 aromatic rings. The van der Waals surface area contributed by atoms with Crippen molar-refractivity contribution < 1.29 is 13.9 Å². The summed E-state index contributed by atoms with van der Waals surface area (Å²) in [6, 6.07) is 13.0. The third-order valence-electron chi connectivity index (χ3n) is 2.76. The monoisotopic (exact) mass is 246 g/mol. The summed E-state index contributed by atoms with van der Waals surface area (Å²) >= 11 is 0. The van der Waals surface area contributed by atoms with Gasteiger partial charge >= 0.3 is 0 Å². The van der Waals surface area contributed by atoms with Crippen LogP contribution in [0.2, 0.25) is 0 Å². The topological polar surface area (TPSA) is 18.5 Å². The predicted molar refractivity (Wildman–Crippen MR) is 68.5 cm³/mol. The highest BCUT2D eigenvalue weighted by Crippen LogP contribution is 2.28. The second-order valence-electron chi connectivity index (χ2n) is 3.98. The zero-order valence-corrected chi connectivity index (χ0v) is 10.4. The van der Waals surface area contributed by atoms with Gasteiger partial charge in [0.15, 0.2) is 11.6 Å². The Bertz CT molecular complexity index is 524. The fourth-order valence-electron chi connectivity index (χ4n) is 1.71. The lowest BCUT2D eigenvalue weighted by Crippen LogP contribution is -1.99. The Kier molecular flexibility index (Phi) is 3.82. The molecule has 0 atom stereocenters. The lowest BCUT2D eigenvalue weighted by molar-refractivity contribution is 0.288. The summed E-state index contributed by atoms with van der Waals surface area (Å²) in [5.74, 6) is 0.405. The molecule has 2 aromatic carbocycles. The average molecular weight is 246 g/mol. The predicted octanol–water partition coefficient (Wildman–Crippen LogP) is 3.72. The Morgan fingerprint density at radius 3 is 2.33 bits per heavy atom. The van der Waals surface area contributed by atoms with Crippen LogP contribution in [0.25, 0.3) is 0 Å². The Hall–Kier alpha value is -2.03. The largest absolute Gasteiger partial charge is 0.496 e. The van der Waals surface area contributed by atoms with Gasteiger partial charge in [-0.05, 0) is 24.6 Å². The quantitative estimate of drug-likeness (QED) is 0.818. The molecule has 0 aliphatic rings. The van der Waals surface area contributed by atoms with E-state index in [1.165, 1.54) is 7.11 Å². The van der Waals surface area contributed by atoms with Crippen LogP contribution in [0.5, 0.6) is 11.5 Å². The summed E-state index contributed by atoms with van der Waals surface area (Å²) in [4.78, 5) is 0. The van der Waals surface area contributed by atoms with E-state index < -0.39 is 0 Å². The molecule has 0 aliphatic heterocycles. The summed E-state index contributed by atoms with van der Waals surface area (Å²) < 4.78 is 24.5. The molecular weight excluding hydrogens is 231 g/mol. The van der Waals surface area contributed by atoms with Gasteiger partial charge in [0, 0.05) is 5.56 Å². The van der Waals surface area contributed by atoms with E-state index >= 15 is 0 Å². The second-order valence-corrected chi connectivity index (χ2v) is 3.98. The van der Waals surface area contributed by atoms with Crippen LogP contribution >= 0.6 is 0 Å². The second kappa shape index (κ2) is 5.54. The van der Waals surface area contributed by atoms with E-state index in [0.717, 1.165) is 5.56 Å². The van der Waals surface area contributed by atoms with Gasteiger partial charge in [-0.1, -0.05) is 30.3 Å². The molecule has 0 saturated heterocycles. The van der Waals surface area contributed by atoms with Gasteiger partial charge in [-0.2, -0.15) is 0 Å². The molecule has 0 bridgehead atoms. The lowest BCUT2D eigenvalue weighted by Gasteiger charge is -2.11. The number of methoxy groups -OCH3 is 1. The van der Waals surface area contributed by atoms with Gasteiger partial charge < -0.3 is 9.47 Å². The van der Waals surface area contributed by atoms with Crippen molar-refractivity contribution in [2.75, 3.05) is 7.11 Å². The molecular formula is C15H15FO2. The summed E-state index contributed by atoms with van der Waals surface area (Å²) in [6.45, 7) is 2.02. The molecule has 0 amide bonds. The van der Waals surface area contributed by atoms with E-state index in [1.807, 2.05) is 30.3 Å². The van der Waals surface area contributed by atoms with Gasteiger partial charge in [-0.15, -0.1) is 0 Å². The fraction of sp³-hybridized carbons (Fsp3) is 0.200. The molecule has 2 rings (SSSR count). The van der Waals surface area contributed by atoms with E-state index in [1.54, 1.807) is 19.1 Å². The van der Waals surface area contributed by atoms with Crippen LogP contribution in [-0.2, 0) is 6.61 Å². The van der Waals surface area contributed by atoms with E-state index in [9.17, 15) is 4.39 Å². The molecule has 0 aromatic heterocycles. The van der Waals surface area contributed by atoms with Crippen LogP contribution in [0, 0.1) is 12.7 Å². The third kappa shape index (κ3) is 2.62. The SMILES string of the molecule is COc1ccc(OCc2ccccc2)c(F)c1C. The van der Waals surface area contributed by atoms with Crippen molar-refractivity contribution in [3.05, 3.63) is 59.4 Å². The first kappa shape index (κ1) is 12.4. The molecule has 94 valence electrons. The fourth-order valence-corrected chi connectivity index (χ4v) is 1.71. The standard InChI is InChI=1S/C15H15FO2/c1-11-13(17-2)8-9-14(15(11)16)18-10-12-6-4-3-5-7-12/h3-9H,10H2,1-2H3. The Labute approximate surface area is 106 Å². The van der Waals surface area contributed by atoms with Crippen molar-refractivity contribution in [1.82, 2.24) is 0 Å². The number of rotatable bonds is 4. The van der Waals surface area contributed by atoms with Crippen molar-refractivity contribution in [2.24, 2.45) is 0 Å². The zero-order chi connectivity index (χ0) is 13.0. The van der Waals surface area contributed by atoms with E-state index in [-0.39, 0.29) is 11.6 Å². The number of hydrogen-bond acceptors (Lipinski definition) is 2. The van der Waals surface area contributed by atoms with Gasteiger partial charge in [-0.25, -0.2) is 4.39 Å². The molecule has 0 unspecified atom stereocenters. The normalized spacial score (nSPS) is 10.2. The summed E-state index contributed by atoms with van der Waals surface area (Å²) in [5, 5.41) is 0. The minimum Gasteiger partial charge on any atom is -0.496 e. The molecule has 0 saturated carbocycles. The molecule has 0 N–H and O–H groups in total. The molecule has 3 heteroatoms. The van der Waals surface area contributed by atoms with Crippen LogP contribution in [0.3, 0.4) is 0 Å². The first-order valence-corrected chi connectivity index (χ1v) is 5.72. The highest BCUT2D eigenvalue weighted by Gasteiger charge is 2.11. The third-order valence-corrected chi connectivity index (χ3v) is 2.76. The minimum absolute atomic E-state index is 0.247. The van der Waals surface area contributed by atoms with Crippen molar-refractivity contribution in [3.63, 3.8) is 0 Å². The number of benzene rings is 2. The van der Waals surface area contributed by atoms with Gasteiger partial charge in [0.05, 0.1) is 7.11 Å². The maximum absolute atomic E-state index is 13.9. The zero-order valence-electron chi connectivity index (χ0n) is 10.4. The van der Waals surface area contributed by atoms with E-state index in [2.05, 4.69) is 0 Å². The smallest absolute Gasteiger partial charge is 0.171 e. The van der Waals surface area contributed by atoms with Gasteiger partial charge in [-0.3, -0.25) is 0 Å². The molecule has 0 heterocycles. The van der Waals surface area contributed by atoms with Gasteiger partial charge in [0.2, 0.25) is 0 Å². The molecule has 0 radical (unpaired) electrons. The molecule has 0 aliphatic carbocycles. The summed E-state index contributed by atoms with van der Waals surface area (Å²) in [7, 11) is 1.52. The maximum atomic E-state index is 13.9. The lowest BCUT2D eigenvalue weighted by atomic mass is 10.2. The van der Waals surface area contributed by atoms with Crippen LogP contribution in [0.1, 0.15) is 11.1 Å². The molecule has 0 fully saturated rings. The summed E-state index contributed by atoms with van der Waals surface area (Å²) in [6.07, 6.45) is 0. The first-order chi connectivity index (χ1) is 8.72. The van der Waals surface area contributed by atoms with Crippen LogP contribution in [0.4, 0.5) is 4.39 Å². The van der Waals surface area contributed by atoms with Crippen molar-refractivity contribution in [3.8, 4) is 11.5 Å². The van der Waals surface area contributed by atoms with Crippen LogP contribution in [0.15, 0.2) is 42.5 Å². The highest BCUT2D eigenvalue weighted by molar-refractivity contribution is 5.41. The number of halogens is 1. The molecule has 0 spiro atoms. The van der Waals surface area contributed by atoms with Gasteiger partial charge in [0.25, 0.3) is 0 Å². The Morgan fingerprint density at radius 2 is 1.67 bits per heavy atom. The van der Waals surface area contributed by atoms with Crippen LogP contribution in [-0.4, -0.2) is 7.11 Å². The first-order valence-electron chi connectivity index (χ1n) is 5.72. The van der Waals surface area contributed by atoms with Crippen molar-refractivity contribution in [1.29, 1.82) is 0 Å². The van der Waals surface area contributed by atoms with Crippen LogP contribution < -0.4 is 9.47 Å². The number of ether oxygens (including phenoxy) is 2. The molecule has 18 heavy (non-hydrogen) atoms. The average Bonchev–Trinajstić information content (AvgIpc) is 2.42. The maximum Gasteiger partial charge on any atom is 0.171 e. The highest BCUT2D eigenvalue weighted by atomic mass is 19.1. The van der Waals surface area contributed by atoms with Crippen molar-refractivity contribution in [2.45, 2.75) is 13.5 Å². The van der Waals surface area contributed by atoms with E-state index in [4.69, 9.17) is 9.47 Å². The number of hydrogen-bond donors (Lipinski definition) is 0. The minimum atomic E-state index is -0.370. The summed E-state index contributed by atoms with van der Waals surface area (Å²) in [5.41, 5.74) is 1.47.